The molecule has 7 nitrogen and oxygen atoms in total. The minimum atomic E-state index is -1.24. The van der Waals surface area contributed by atoms with Gasteiger partial charge in [-0.2, -0.15) is 0 Å². The first-order valence-electron chi connectivity index (χ1n) is 8.18. The number of rotatable bonds is 5. The Balaban J connectivity index is 1.85. The normalized spacial score (nSPS) is 27.3. The number of amides is 1. The molecule has 0 saturated heterocycles. The van der Waals surface area contributed by atoms with E-state index < -0.39 is 30.7 Å². The molecule has 1 heterocycles. The number of carbonyl (C=O) groups excluding carboxylic acids is 1. The van der Waals surface area contributed by atoms with Crippen molar-refractivity contribution in [2.24, 2.45) is 5.73 Å². The van der Waals surface area contributed by atoms with Gasteiger partial charge in [0.2, 0.25) is 5.91 Å². The second kappa shape index (κ2) is 7.94. The molecule has 0 aromatic heterocycles. The zero-order valence-corrected chi connectivity index (χ0v) is 13.2. The van der Waals surface area contributed by atoms with Crippen molar-refractivity contribution in [1.82, 2.24) is 5.32 Å². The van der Waals surface area contributed by atoms with Gasteiger partial charge in [0, 0.05) is 12.0 Å². The molecule has 0 spiro atoms. The maximum atomic E-state index is 12.2. The maximum absolute atomic E-state index is 12.2. The minimum absolute atomic E-state index is 0.202. The highest BCUT2D eigenvalue weighted by Gasteiger charge is 2.35. The molecule has 5 N–H and O–H groups in total. The summed E-state index contributed by atoms with van der Waals surface area (Å²) in [5.41, 5.74) is 5.82. The predicted octanol–water partition coefficient (Wildman–Crippen LogP) is 0.362. The van der Waals surface area contributed by atoms with Crippen LogP contribution in [0.5, 0.6) is 0 Å². The van der Waals surface area contributed by atoms with E-state index >= 15 is 0 Å². The highest BCUT2D eigenvalue weighted by molar-refractivity contribution is 6.45. The van der Waals surface area contributed by atoms with E-state index in [0.717, 1.165) is 32.1 Å². The summed E-state index contributed by atoms with van der Waals surface area (Å²) in [6, 6.07) is 0. The highest BCUT2D eigenvalue weighted by atomic mass is 16.5. The number of nitrogens with two attached hydrogens (primary N) is 1. The first-order chi connectivity index (χ1) is 10.9. The summed E-state index contributed by atoms with van der Waals surface area (Å²) in [6.45, 7) is 0. The molecule has 1 aliphatic carbocycles. The average molecular weight is 324 g/mol. The van der Waals surface area contributed by atoms with Crippen LogP contribution in [0.15, 0.2) is 12.2 Å². The molecule has 2 rings (SSSR count). The maximum Gasteiger partial charge on any atom is 0.478 e. The quantitative estimate of drug-likeness (QED) is 0.428. The van der Waals surface area contributed by atoms with Gasteiger partial charge in [0.15, 0.2) is 0 Å². The van der Waals surface area contributed by atoms with Gasteiger partial charge in [-0.25, -0.2) is 0 Å². The Hall–Kier alpha value is -1.38. The van der Waals surface area contributed by atoms with Gasteiger partial charge in [0.25, 0.3) is 0 Å². The molecule has 0 aromatic carbocycles. The summed E-state index contributed by atoms with van der Waals surface area (Å²) in [6.07, 6.45) is 7.96. The van der Waals surface area contributed by atoms with Gasteiger partial charge < -0.3 is 25.8 Å². The van der Waals surface area contributed by atoms with Crippen LogP contribution in [0, 0.1) is 0 Å². The van der Waals surface area contributed by atoms with Crippen molar-refractivity contribution in [2.75, 3.05) is 0 Å². The fourth-order valence-corrected chi connectivity index (χ4v) is 3.24. The van der Waals surface area contributed by atoms with Crippen LogP contribution in [-0.2, 0) is 14.2 Å². The van der Waals surface area contributed by atoms with Gasteiger partial charge in [-0.3, -0.25) is 9.59 Å². The van der Waals surface area contributed by atoms with Crippen molar-refractivity contribution in [3.8, 4) is 0 Å². The summed E-state index contributed by atoms with van der Waals surface area (Å²) < 4.78 is 5.29. The van der Waals surface area contributed by atoms with Gasteiger partial charge in [-0.05, 0) is 19.3 Å². The molecule has 1 aliphatic heterocycles. The number of carboxylic acids is 1. The van der Waals surface area contributed by atoms with E-state index in [1.165, 1.54) is 0 Å². The first-order valence-corrected chi connectivity index (χ1v) is 8.18. The number of carbonyl (C=O) groups is 2. The standard InChI is InChI=1S/C15H25BN2O5/c17-15(7-2-1-3-8-15)10-13(19)18-12-6-4-5-11(9-14(20)21)23-16(12)22/h4-5,11-12,22H,1-3,6-10,17H2,(H,18,19)(H,20,21)/t11-,12+/m1/s1. The lowest BCUT2D eigenvalue weighted by Crippen LogP contribution is -2.52. The molecule has 1 fully saturated rings. The van der Waals surface area contributed by atoms with Crippen LogP contribution in [0.3, 0.4) is 0 Å². The topological polar surface area (TPSA) is 122 Å². The third-order valence-corrected chi connectivity index (χ3v) is 4.48. The van der Waals surface area contributed by atoms with Crippen molar-refractivity contribution in [3.63, 3.8) is 0 Å². The lowest BCUT2D eigenvalue weighted by molar-refractivity contribution is -0.138. The molecule has 2 atom stereocenters. The Bertz CT molecular complexity index is 465. The van der Waals surface area contributed by atoms with Gasteiger partial charge in [0.05, 0.1) is 18.5 Å². The van der Waals surface area contributed by atoms with Crippen molar-refractivity contribution < 1.29 is 24.4 Å². The molecular formula is C15H25BN2O5. The molecule has 23 heavy (non-hydrogen) atoms. The summed E-state index contributed by atoms with van der Waals surface area (Å²) in [4.78, 5) is 22.9. The largest absolute Gasteiger partial charge is 0.481 e. The Labute approximate surface area is 136 Å². The SMILES string of the molecule is NC1(CC(=O)N[C@H]2CC=C[C@H](CC(=O)O)OB2O)CCCCC1. The monoisotopic (exact) mass is 324 g/mol. The van der Waals surface area contributed by atoms with Crippen molar-refractivity contribution in [3.05, 3.63) is 12.2 Å². The van der Waals surface area contributed by atoms with Crippen LogP contribution in [0.4, 0.5) is 0 Å². The Morgan fingerprint density at radius 2 is 2.04 bits per heavy atom. The van der Waals surface area contributed by atoms with E-state index in [2.05, 4.69) is 5.32 Å². The van der Waals surface area contributed by atoms with Crippen LogP contribution < -0.4 is 11.1 Å². The number of nitrogens with one attached hydrogen (secondary N) is 1. The molecule has 8 heteroatoms. The van der Waals surface area contributed by atoms with Crippen molar-refractivity contribution >= 4 is 19.0 Å². The Kier molecular flexibility index (Phi) is 6.21. The Morgan fingerprint density at radius 1 is 1.35 bits per heavy atom. The second-order valence-corrected chi connectivity index (χ2v) is 6.60. The fourth-order valence-electron chi connectivity index (χ4n) is 3.24. The Morgan fingerprint density at radius 3 is 2.70 bits per heavy atom. The third kappa shape index (κ3) is 5.64. The average Bonchev–Trinajstić information content (AvgIpc) is 2.60. The van der Waals surface area contributed by atoms with Crippen LogP contribution in [0.1, 0.15) is 51.4 Å². The number of carboxylic acid groups (broad SMARTS) is 1. The smallest absolute Gasteiger partial charge is 0.478 e. The molecule has 128 valence electrons. The van der Waals surface area contributed by atoms with Gasteiger partial charge in [0.1, 0.15) is 0 Å². The summed E-state index contributed by atoms with van der Waals surface area (Å²) in [5, 5.41) is 21.6. The molecule has 1 amide bonds. The van der Waals surface area contributed by atoms with Gasteiger partial charge in [-0.1, -0.05) is 31.4 Å². The molecule has 0 aromatic rings. The van der Waals surface area contributed by atoms with Gasteiger partial charge in [-0.15, -0.1) is 0 Å². The summed E-state index contributed by atoms with van der Waals surface area (Å²) in [5.74, 6) is -1.80. The fraction of sp³-hybridized carbons (Fsp3) is 0.733. The minimum Gasteiger partial charge on any atom is -0.481 e. The molecule has 0 bridgehead atoms. The molecular weight excluding hydrogens is 299 g/mol. The lowest BCUT2D eigenvalue weighted by atomic mass is 9.76. The van der Waals surface area contributed by atoms with E-state index in [4.69, 9.17) is 15.5 Å². The van der Waals surface area contributed by atoms with E-state index in [-0.39, 0.29) is 18.7 Å². The van der Waals surface area contributed by atoms with Gasteiger partial charge >= 0.3 is 13.1 Å². The number of hydrogen-bond acceptors (Lipinski definition) is 5. The molecule has 0 unspecified atom stereocenters. The number of hydrogen-bond donors (Lipinski definition) is 4. The number of aliphatic carboxylic acids is 1. The highest BCUT2D eigenvalue weighted by Crippen LogP contribution is 2.28. The van der Waals surface area contributed by atoms with Crippen LogP contribution in [0.25, 0.3) is 0 Å². The van der Waals surface area contributed by atoms with Crippen LogP contribution in [0.2, 0.25) is 0 Å². The van der Waals surface area contributed by atoms with Crippen molar-refractivity contribution in [1.29, 1.82) is 0 Å². The molecule has 2 aliphatic rings. The van der Waals surface area contributed by atoms with E-state index in [0.29, 0.717) is 6.42 Å². The lowest BCUT2D eigenvalue weighted by Gasteiger charge is -2.33. The van der Waals surface area contributed by atoms with E-state index in [9.17, 15) is 14.6 Å². The predicted molar refractivity (Wildman–Crippen MR) is 85.4 cm³/mol. The third-order valence-electron chi connectivity index (χ3n) is 4.48. The van der Waals surface area contributed by atoms with E-state index in [1.54, 1.807) is 12.2 Å². The summed E-state index contributed by atoms with van der Waals surface area (Å²) in [7, 11) is -1.24. The molecule has 1 saturated carbocycles. The summed E-state index contributed by atoms with van der Waals surface area (Å²) >= 11 is 0. The second-order valence-electron chi connectivity index (χ2n) is 6.60. The van der Waals surface area contributed by atoms with Crippen molar-refractivity contribution in [2.45, 2.75) is 69.0 Å². The van der Waals surface area contributed by atoms with Crippen LogP contribution in [-0.4, -0.2) is 46.7 Å². The van der Waals surface area contributed by atoms with E-state index in [1.807, 2.05) is 0 Å². The first kappa shape index (κ1) is 18.0. The zero-order valence-electron chi connectivity index (χ0n) is 13.2. The van der Waals surface area contributed by atoms with Crippen LogP contribution >= 0.6 is 0 Å². The zero-order chi connectivity index (χ0) is 16.9. The molecule has 0 radical (unpaired) electrons.